The van der Waals surface area contributed by atoms with Gasteiger partial charge in [0.1, 0.15) is 11.6 Å². The third-order valence-corrected chi connectivity index (χ3v) is 5.38. The maximum Gasteiger partial charge on any atom is 0.223 e. The van der Waals surface area contributed by atoms with Crippen LogP contribution in [0.5, 0.6) is 0 Å². The summed E-state index contributed by atoms with van der Waals surface area (Å²) in [6, 6.07) is 11.7. The third-order valence-electron chi connectivity index (χ3n) is 5.38. The number of anilines is 2. The zero-order valence-electron chi connectivity index (χ0n) is 17.6. The Kier molecular flexibility index (Phi) is 6.50. The highest BCUT2D eigenvalue weighted by Gasteiger charge is 2.30. The number of likely N-dealkylation sites (tertiary alicyclic amines) is 1. The van der Waals surface area contributed by atoms with E-state index in [1.807, 2.05) is 30.0 Å². The summed E-state index contributed by atoms with van der Waals surface area (Å²) < 4.78 is 13.7. The van der Waals surface area contributed by atoms with Crippen LogP contribution in [0.15, 0.2) is 54.9 Å². The summed E-state index contributed by atoms with van der Waals surface area (Å²) in [6.45, 7) is 2.73. The molecule has 1 saturated heterocycles. The maximum atomic E-state index is 13.7. The van der Waals surface area contributed by atoms with E-state index in [4.69, 9.17) is 9.97 Å². The van der Waals surface area contributed by atoms with Crippen molar-refractivity contribution in [1.82, 2.24) is 19.9 Å². The number of nitrogens with zero attached hydrogens (tertiary/aromatic N) is 4. The SMILES string of the molecule is CCCC(=O)N1CCCCC1c1nc(Nc2cccc(F)c2)cc(-c2cccnc2)n1. The van der Waals surface area contributed by atoms with Crippen molar-refractivity contribution in [3.8, 4) is 11.3 Å². The van der Waals surface area contributed by atoms with Gasteiger partial charge in [0.25, 0.3) is 0 Å². The predicted molar refractivity (Wildman–Crippen MR) is 118 cm³/mol. The van der Waals surface area contributed by atoms with E-state index in [9.17, 15) is 9.18 Å². The van der Waals surface area contributed by atoms with Gasteiger partial charge in [-0.15, -0.1) is 0 Å². The second kappa shape index (κ2) is 9.64. The summed E-state index contributed by atoms with van der Waals surface area (Å²) in [7, 11) is 0. The van der Waals surface area contributed by atoms with Crippen LogP contribution in [0.1, 0.15) is 50.9 Å². The van der Waals surface area contributed by atoms with Crippen molar-refractivity contribution in [1.29, 1.82) is 0 Å². The number of piperidine rings is 1. The van der Waals surface area contributed by atoms with Crippen LogP contribution in [0.3, 0.4) is 0 Å². The number of aromatic nitrogens is 3. The van der Waals surface area contributed by atoms with Crippen LogP contribution in [0.25, 0.3) is 11.3 Å². The van der Waals surface area contributed by atoms with Gasteiger partial charge in [-0.05, 0) is 56.0 Å². The Hall–Kier alpha value is -3.35. The molecule has 3 aromatic rings. The van der Waals surface area contributed by atoms with E-state index in [2.05, 4.69) is 10.3 Å². The van der Waals surface area contributed by atoms with E-state index >= 15 is 0 Å². The number of carbonyl (C=O) groups is 1. The molecule has 0 saturated carbocycles. The first-order valence-corrected chi connectivity index (χ1v) is 10.8. The fourth-order valence-corrected chi connectivity index (χ4v) is 3.91. The molecule has 2 aromatic heterocycles. The van der Waals surface area contributed by atoms with Gasteiger partial charge in [0.15, 0.2) is 5.82 Å². The lowest BCUT2D eigenvalue weighted by atomic mass is 10.00. The van der Waals surface area contributed by atoms with Gasteiger partial charge >= 0.3 is 0 Å². The van der Waals surface area contributed by atoms with Crippen LogP contribution in [0.4, 0.5) is 15.9 Å². The minimum atomic E-state index is -0.324. The lowest BCUT2D eigenvalue weighted by Gasteiger charge is -2.35. The lowest BCUT2D eigenvalue weighted by molar-refractivity contribution is -0.135. The molecule has 6 nitrogen and oxygen atoms in total. The Morgan fingerprint density at radius 2 is 2.10 bits per heavy atom. The Bertz CT molecular complexity index is 1040. The first-order valence-electron chi connectivity index (χ1n) is 10.8. The molecule has 1 N–H and O–H groups in total. The molecule has 0 bridgehead atoms. The van der Waals surface area contributed by atoms with Gasteiger partial charge in [0.2, 0.25) is 5.91 Å². The zero-order chi connectivity index (χ0) is 21.6. The van der Waals surface area contributed by atoms with Crippen LogP contribution in [0.2, 0.25) is 0 Å². The number of hydrogen-bond donors (Lipinski definition) is 1. The number of halogens is 1. The second-order valence-corrected chi connectivity index (χ2v) is 7.72. The zero-order valence-corrected chi connectivity index (χ0v) is 17.6. The molecule has 31 heavy (non-hydrogen) atoms. The van der Waals surface area contributed by atoms with Crippen LogP contribution in [-0.4, -0.2) is 32.3 Å². The van der Waals surface area contributed by atoms with Crippen LogP contribution in [-0.2, 0) is 4.79 Å². The topological polar surface area (TPSA) is 71.0 Å². The lowest BCUT2D eigenvalue weighted by Crippen LogP contribution is -2.39. The summed E-state index contributed by atoms with van der Waals surface area (Å²) in [5.74, 6) is 0.977. The Morgan fingerprint density at radius 1 is 1.19 bits per heavy atom. The van der Waals surface area contributed by atoms with Gasteiger partial charge in [-0.1, -0.05) is 13.0 Å². The molecule has 1 atom stereocenters. The van der Waals surface area contributed by atoms with Crippen LogP contribution < -0.4 is 5.32 Å². The van der Waals surface area contributed by atoms with Gasteiger partial charge < -0.3 is 10.2 Å². The van der Waals surface area contributed by atoms with Crippen molar-refractivity contribution in [2.45, 2.75) is 45.1 Å². The summed E-state index contributed by atoms with van der Waals surface area (Å²) in [4.78, 5) is 28.4. The monoisotopic (exact) mass is 419 g/mol. The fraction of sp³-hybridized carbons (Fsp3) is 0.333. The predicted octanol–water partition coefficient (Wildman–Crippen LogP) is 5.28. The number of nitrogens with one attached hydrogen (secondary N) is 1. The normalized spacial score (nSPS) is 16.2. The number of benzene rings is 1. The van der Waals surface area contributed by atoms with Crippen LogP contribution in [0, 0.1) is 5.82 Å². The molecule has 160 valence electrons. The molecule has 1 aromatic carbocycles. The van der Waals surface area contributed by atoms with Gasteiger partial charge in [-0.25, -0.2) is 14.4 Å². The molecular formula is C24H26FN5O. The molecular weight excluding hydrogens is 393 g/mol. The van der Waals surface area contributed by atoms with E-state index < -0.39 is 0 Å². The molecule has 0 spiro atoms. The molecule has 1 fully saturated rings. The van der Waals surface area contributed by atoms with Crippen molar-refractivity contribution in [2.24, 2.45) is 0 Å². The van der Waals surface area contributed by atoms with E-state index in [0.717, 1.165) is 37.8 Å². The highest BCUT2D eigenvalue weighted by molar-refractivity contribution is 5.76. The molecule has 3 heterocycles. The Labute approximate surface area is 181 Å². The fourth-order valence-electron chi connectivity index (χ4n) is 3.91. The number of rotatable bonds is 6. The van der Waals surface area contributed by atoms with Crippen molar-refractivity contribution >= 4 is 17.4 Å². The minimum absolute atomic E-state index is 0.141. The van der Waals surface area contributed by atoms with Crippen LogP contribution >= 0.6 is 0 Å². The first-order chi connectivity index (χ1) is 15.1. The summed E-state index contributed by atoms with van der Waals surface area (Å²) >= 11 is 0. The quantitative estimate of drug-likeness (QED) is 0.589. The minimum Gasteiger partial charge on any atom is -0.340 e. The second-order valence-electron chi connectivity index (χ2n) is 7.72. The molecule has 0 radical (unpaired) electrons. The van der Waals surface area contributed by atoms with Gasteiger partial charge in [0.05, 0.1) is 11.7 Å². The highest BCUT2D eigenvalue weighted by atomic mass is 19.1. The average molecular weight is 420 g/mol. The molecule has 1 aliphatic heterocycles. The summed E-state index contributed by atoms with van der Waals surface area (Å²) in [5, 5.41) is 3.19. The standard InChI is InChI=1S/C24H26FN5O/c1-2-7-23(31)30-13-4-3-11-21(30)24-28-20(17-8-6-12-26-16-17)15-22(29-24)27-19-10-5-9-18(25)14-19/h5-6,8-10,12,14-16,21H,2-4,7,11,13H2,1H3,(H,27,28,29). The molecule has 0 aliphatic carbocycles. The molecule has 4 rings (SSSR count). The number of pyridine rings is 1. The maximum absolute atomic E-state index is 13.7. The smallest absolute Gasteiger partial charge is 0.223 e. The van der Waals surface area contributed by atoms with Crippen molar-refractivity contribution in [3.63, 3.8) is 0 Å². The Balaban J connectivity index is 1.74. The Morgan fingerprint density at radius 3 is 2.87 bits per heavy atom. The third kappa shape index (κ3) is 5.05. The van der Waals surface area contributed by atoms with E-state index in [1.54, 1.807) is 24.5 Å². The average Bonchev–Trinajstić information content (AvgIpc) is 2.80. The summed E-state index contributed by atoms with van der Waals surface area (Å²) in [6.07, 6.45) is 7.63. The summed E-state index contributed by atoms with van der Waals surface area (Å²) in [5.41, 5.74) is 2.17. The molecule has 1 amide bonds. The molecule has 1 aliphatic rings. The largest absolute Gasteiger partial charge is 0.340 e. The van der Waals surface area contributed by atoms with Crippen molar-refractivity contribution in [2.75, 3.05) is 11.9 Å². The molecule has 7 heteroatoms. The van der Waals surface area contributed by atoms with Gasteiger partial charge in [0, 0.05) is 42.7 Å². The van der Waals surface area contributed by atoms with E-state index in [1.165, 1.54) is 12.1 Å². The number of hydrogen-bond acceptors (Lipinski definition) is 5. The van der Waals surface area contributed by atoms with Gasteiger partial charge in [-0.2, -0.15) is 0 Å². The van der Waals surface area contributed by atoms with E-state index in [-0.39, 0.29) is 17.8 Å². The number of amides is 1. The van der Waals surface area contributed by atoms with Crippen molar-refractivity contribution in [3.05, 3.63) is 66.5 Å². The molecule has 1 unspecified atom stereocenters. The van der Waals surface area contributed by atoms with Gasteiger partial charge in [-0.3, -0.25) is 9.78 Å². The van der Waals surface area contributed by atoms with E-state index in [0.29, 0.717) is 29.4 Å². The first kappa shape index (κ1) is 20.9. The highest BCUT2D eigenvalue weighted by Crippen LogP contribution is 2.32. The number of carbonyl (C=O) groups excluding carboxylic acids is 1. The van der Waals surface area contributed by atoms with Crippen molar-refractivity contribution < 1.29 is 9.18 Å².